The molecule has 0 aliphatic heterocycles. The molecule has 7 atom stereocenters. The monoisotopic (exact) mass is 477 g/mol. The van der Waals surface area contributed by atoms with Gasteiger partial charge in [-0.25, -0.2) is 0 Å². The van der Waals surface area contributed by atoms with Gasteiger partial charge in [-0.3, -0.25) is 14.6 Å². The molecule has 1 aromatic carbocycles. The lowest BCUT2D eigenvalue weighted by atomic mass is 9.51. The number of aliphatic hydroxyl groups is 1. The lowest BCUT2D eigenvalue weighted by molar-refractivity contribution is -0.149. The Labute approximate surface area is 209 Å². The molecule has 4 rings (SSSR count). The molecular weight excluding hydrogens is 438 g/mol. The molecule has 6 nitrogen and oxygen atoms in total. The first-order chi connectivity index (χ1) is 16.7. The fourth-order valence-corrected chi connectivity index (χ4v) is 6.70. The minimum absolute atomic E-state index is 0.0142. The summed E-state index contributed by atoms with van der Waals surface area (Å²) in [4.78, 5) is 32.1. The van der Waals surface area contributed by atoms with Crippen molar-refractivity contribution in [1.82, 2.24) is 15.2 Å². The van der Waals surface area contributed by atoms with Crippen molar-refractivity contribution in [2.45, 2.75) is 65.1 Å². The van der Waals surface area contributed by atoms with Gasteiger partial charge in [0.15, 0.2) is 0 Å². The number of carbonyl (C=O) groups excluding carboxylic acids is 2. The third kappa shape index (κ3) is 5.27. The molecule has 2 saturated carbocycles. The first-order valence-electron chi connectivity index (χ1n) is 12.9. The second kappa shape index (κ2) is 10.5. The van der Waals surface area contributed by atoms with E-state index in [1.165, 1.54) is 0 Å². The highest BCUT2D eigenvalue weighted by molar-refractivity contribution is 5.92. The first kappa shape index (κ1) is 25.4. The van der Waals surface area contributed by atoms with Gasteiger partial charge in [-0.1, -0.05) is 57.2 Å². The van der Waals surface area contributed by atoms with Crippen LogP contribution in [-0.4, -0.2) is 46.0 Å². The molecule has 2 aliphatic rings. The van der Waals surface area contributed by atoms with Crippen LogP contribution in [0.15, 0.2) is 54.7 Å². The summed E-state index contributed by atoms with van der Waals surface area (Å²) in [6, 6.07) is 15.3. The van der Waals surface area contributed by atoms with Crippen molar-refractivity contribution in [3.63, 3.8) is 0 Å². The third-order valence-electron chi connectivity index (χ3n) is 8.77. The van der Waals surface area contributed by atoms with E-state index in [-0.39, 0.29) is 46.9 Å². The Kier molecular flexibility index (Phi) is 7.60. The minimum Gasteiger partial charge on any atom is -0.392 e. The van der Waals surface area contributed by atoms with Crippen LogP contribution in [0.3, 0.4) is 0 Å². The maximum atomic E-state index is 13.3. The van der Waals surface area contributed by atoms with Gasteiger partial charge in [0.25, 0.3) is 5.91 Å². The average molecular weight is 478 g/mol. The van der Waals surface area contributed by atoms with Crippen molar-refractivity contribution in [2.24, 2.45) is 29.1 Å². The zero-order valence-corrected chi connectivity index (χ0v) is 21.4. The van der Waals surface area contributed by atoms with Crippen LogP contribution < -0.4 is 5.32 Å². The van der Waals surface area contributed by atoms with Crippen molar-refractivity contribution >= 4 is 11.8 Å². The Morgan fingerprint density at radius 2 is 1.83 bits per heavy atom. The molecular formula is C29H39N3O3. The second-order valence-electron chi connectivity index (χ2n) is 11.0. The Bertz CT molecular complexity index is 1010. The number of hydrogen-bond acceptors (Lipinski definition) is 4. The summed E-state index contributed by atoms with van der Waals surface area (Å²) < 4.78 is 0. The van der Waals surface area contributed by atoms with Crippen LogP contribution in [0.1, 0.15) is 62.5 Å². The van der Waals surface area contributed by atoms with Gasteiger partial charge in [-0.05, 0) is 66.5 Å². The molecule has 2 amide bonds. The molecule has 2 N–H and O–H groups in total. The number of carbonyl (C=O) groups is 2. The van der Waals surface area contributed by atoms with E-state index in [4.69, 9.17) is 0 Å². The van der Waals surface area contributed by atoms with Crippen LogP contribution in [0.2, 0.25) is 0 Å². The van der Waals surface area contributed by atoms with Crippen molar-refractivity contribution < 1.29 is 14.7 Å². The van der Waals surface area contributed by atoms with Crippen LogP contribution in [0, 0.1) is 29.1 Å². The van der Waals surface area contributed by atoms with Gasteiger partial charge >= 0.3 is 0 Å². The van der Waals surface area contributed by atoms with E-state index in [9.17, 15) is 14.7 Å². The third-order valence-corrected chi connectivity index (χ3v) is 8.77. The maximum Gasteiger partial charge on any atom is 0.270 e. The van der Waals surface area contributed by atoms with Crippen molar-refractivity contribution in [3.05, 3.63) is 66.0 Å². The van der Waals surface area contributed by atoms with Crippen molar-refractivity contribution in [2.75, 3.05) is 7.05 Å². The predicted molar refractivity (Wildman–Crippen MR) is 136 cm³/mol. The van der Waals surface area contributed by atoms with E-state index in [2.05, 4.69) is 24.1 Å². The highest BCUT2D eigenvalue weighted by atomic mass is 16.3. The quantitative estimate of drug-likeness (QED) is 0.650. The number of rotatable bonds is 6. The summed E-state index contributed by atoms with van der Waals surface area (Å²) in [7, 11) is 1.84. The Balaban J connectivity index is 1.45. The SMILES string of the molecule is CC(C(=O)N(C)Cc1ccccc1)C1CCC2(C)CCC(NC(=O)c3ccccn3)C(C)C2C1O. The normalized spacial score (nSPS) is 31.2. The lowest BCUT2D eigenvalue weighted by Crippen LogP contribution is -2.58. The predicted octanol–water partition coefficient (Wildman–Crippen LogP) is 4.30. The largest absolute Gasteiger partial charge is 0.392 e. The molecule has 1 aromatic heterocycles. The van der Waals surface area contributed by atoms with E-state index in [1.807, 2.05) is 50.4 Å². The van der Waals surface area contributed by atoms with E-state index >= 15 is 0 Å². The molecule has 35 heavy (non-hydrogen) atoms. The molecule has 6 heteroatoms. The van der Waals surface area contributed by atoms with Crippen LogP contribution >= 0.6 is 0 Å². The Morgan fingerprint density at radius 3 is 2.51 bits per heavy atom. The molecule has 1 heterocycles. The number of aliphatic hydroxyl groups excluding tert-OH is 1. The number of nitrogens with one attached hydrogen (secondary N) is 1. The number of benzene rings is 1. The molecule has 7 unspecified atom stereocenters. The number of fused-ring (bicyclic) bond motifs is 1. The fraction of sp³-hybridized carbons (Fsp3) is 0.552. The number of nitrogens with zero attached hydrogens (tertiary/aromatic N) is 2. The number of hydrogen-bond donors (Lipinski definition) is 2. The van der Waals surface area contributed by atoms with Crippen LogP contribution in [-0.2, 0) is 11.3 Å². The van der Waals surface area contributed by atoms with Gasteiger partial charge in [0, 0.05) is 31.7 Å². The average Bonchev–Trinajstić information content (AvgIpc) is 2.86. The molecule has 0 saturated heterocycles. The van der Waals surface area contributed by atoms with Crippen molar-refractivity contribution in [3.8, 4) is 0 Å². The molecule has 0 radical (unpaired) electrons. The minimum atomic E-state index is -0.581. The summed E-state index contributed by atoms with van der Waals surface area (Å²) in [5.74, 6) is -0.323. The van der Waals surface area contributed by atoms with Gasteiger partial charge in [-0.15, -0.1) is 0 Å². The molecule has 0 bridgehead atoms. The standard InChI is InChI=1S/C29H39N3O3/c1-19(28(35)32(4)18-21-10-6-5-7-11-21)22-13-15-29(3)16-14-23(20(2)25(29)26(22)33)31-27(34)24-12-8-9-17-30-24/h5-12,17,19-20,22-23,25-26,33H,13-16,18H2,1-4H3,(H,31,34). The van der Waals surface area contributed by atoms with Crippen LogP contribution in [0.5, 0.6) is 0 Å². The molecule has 2 aliphatic carbocycles. The van der Waals surface area contributed by atoms with Gasteiger partial charge in [0.2, 0.25) is 5.91 Å². The van der Waals surface area contributed by atoms with E-state index in [0.717, 1.165) is 31.2 Å². The van der Waals surface area contributed by atoms with E-state index in [0.29, 0.717) is 12.2 Å². The van der Waals surface area contributed by atoms with Crippen LogP contribution in [0.25, 0.3) is 0 Å². The zero-order valence-electron chi connectivity index (χ0n) is 21.4. The maximum absolute atomic E-state index is 13.3. The molecule has 188 valence electrons. The molecule has 2 aromatic rings. The fourth-order valence-electron chi connectivity index (χ4n) is 6.70. The van der Waals surface area contributed by atoms with E-state index in [1.54, 1.807) is 23.2 Å². The summed E-state index contributed by atoms with van der Waals surface area (Å²) in [5, 5.41) is 14.8. The summed E-state index contributed by atoms with van der Waals surface area (Å²) in [6.45, 7) is 6.95. The number of amides is 2. The Hall–Kier alpha value is -2.73. The highest BCUT2D eigenvalue weighted by Crippen LogP contribution is 2.55. The van der Waals surface area contributed by atoms with Gasteiger partial charge < -0.3 is 15.3 Å². The van der Waals surface area contributed by atoms with Crippen LogP contribution in [0.4, 0.5) is 0 Å². The molecule has 2 fully saturated rings. The summed E-state index contributed by atoms with van der Waals surface area (Å²) >= 11 is 0. The molecule has 0 spiro atoms. The topological polar surface area (TPSA) is 82.5 Å². The lowest BCUT2D eigenvalue weighted by Gasteiger charge is -2.56. The van der Waals surface area contributed by atoms with Gasteiger partial charge in [-0.2, -0.15) is 0 Å². The first-order valence-corrected chi connectivity index (χ1v) is 12.9. The van der Waals surface area contributed by atoms with Crippen molar-refractivity contribution in [1.29, 1.82) is 0 Å². The summed E-state index contributed by atoms with van der Waals surface area (Å²) in [6.07, 6.45) is 4.72. The second-order valence-corrected chi connectivity index (χ2v) is 11.0. The zero-order chi connectivity index (χ0) is 25.2. The number of pyridine rings is 1. The van der Waals surface area contributed by atoms with Gasteiger partial charge in [0.1, 0.15) is 5.69 Å². The van der Waals surface area contributed by atoms with Gasteiger partial charge in [0.05, 0.1) is 6.10 Å². The highest BCUT2D eigenvalue weighted by Gasteiger charge is 2.54. The summed E-state index contributed by atoms with van der Waals surface area (Å²) in [5.41, 5.74) is 1.52. The van der Waals surface area contributed by atoms with E-state index < -0.39 is 6.10 Å². The number of aromatic nitrogens is 1. The smallest absolute Gasteiger partial charge is 0.270 e. The Morgan fingerprint density at radius 1 is 1.14 bits per heavy atom.